The van der Waals surface area contributed by atoms with Crippen LogP contribution < -0.4 is 10.6 Å². The topological polar surface area (TPSA) is 41.1 Å². The van der Waals surface area contributed by atoms with Gasteiger partial charge < -0.3 is 10.6 Å². The maximum absolute atomic E-state index is 12.4. The van der Waals surface area contributed by atoms with E-state index in [-0.39, 0.29) is 17.5 Å². The number of carbonyl (C=O) groups is 1. The Labute approximate surface area is 136 Å². The number of hydrogen-bond donors (Lipinski definition) is 2. The molecule has 0 aliphatic heterocycles. The van der Waals surface area contributed by atoms with Gasteiger partial charge in [0.05, 0.1) is 6.04 Å². The fourth-order valence-electron chi connectivity index (χ4n) is 3.18. The maximum Gasteiger partial charge on any atom is 0.222 e. The van der Waals surface area contributed by atoms with Gasteiger partial charge in [0, 0.05) is 16.4 Å². The second-order valence-electron chi connectivity index (χ2n) is 6.11. The summed E-state index contributed by atoms with van der Waals surface area (Å²) in [6, 6.07) is 8.15. The van der Waals surface area contributed by atoms with Crippen LogP contribution in [0.15, 0.2) is 28.7 Å². The van der Waals surface area contributed by atoms with E-state index in [9.17, 15) is 4.79 Å². The summed E-state index contributed by atoms with van der Waals surface area (Å²) in [6.45, 7) is 2.04. The summed E-state index contributed by atoms with van der Waals surface area (Å²) in [7, 11) is 1.98. The fraction of sp³-hybridized carbons (Fsp3) is 0.588. The van der Waals surface area contributed by atoms with Gasteiger partial charge in [0.2, 0.25) is 5.91 Å². The Kier molecular flexibility index (Phi) is 5.82. The van der Waals surface area contributed by atoms with Crippen molar-refractivity contribution in [2.75, 3.05) is 7.05 Å². The summed E-state index contributed by atoms with van der Waals surface area (Å²) in [5, 5.41) is 6.53. The molecule has 1 fully saturated rings. The molecule has 1 atom stereocenters. The molecule has 1 amide bonds. The fourth-order valence-corrected chi connectivity index (χ4v) is 3.44. The molecule has 116 valence electrons. The van der Waals surface area contributed by atoms with Crippen LogP contribution in [0.4, 0.5) is 0 Å². The molecule has 3 nitrogen and oxygen atoms in total. The smallest absolute Gasteiger partial charge is 0.222 e. The third-order valence-electron chi connectivity index (χ3n) is 4.59. The molecule has 1 aromatic rings. The summed E-state index contributed by atoms with van der Waals surface area (Å²) in [5.41, 5.74) is 1.13. The average Bonchev–Trinajstić information content (AvgIpc) is 2.48. The number of rotatable bonds is 5. The van der Waals surface area contributed by atoms with Crippen molar-refractivity contribution in [3.05, 3.63) is 34.3 Å². The van der Waals surface area contributed by atoms with E-state index in [0.717, 1.165) is 22.9 Å². The number of amides is 1. The lowest BCUT2D eigenvalue weighted by molar-refractivity contribution is -0.123. The van der Waals surface area contributed by atoms with Crippen LogP contribution in [-0.2, 0) is 4.79 Å². The third kappa shape index (κ3) is 4.55. The molecule has 2 rings (SSSR count). The highest BCUT2D eigenvalue weighted by atomic mass is 79.9. The molecule has 0 aromatic heterocycles. The quantitative estimate of drug-likeness (QED) is 0.842. The zero-order chi connectivity index (χ0) is 15.3. The van der Waals surface area contributed by atoms with Gasteiger partial charge in [0.15, 0.2) is 0 Å². The van der Waals surface area contributed by atoms with E-state index in [0.29, 0.717) is 6.42 Å². The number of hydrogen-bond acceptors (Lipinski definition) is 2. The lowest BCUT2D eigenvalue weighted by Crippen LogP contribution is -2.48. The highest BCUT2D eigenvalue weighted by Gasteiger charge is 2.32. The van der Waals surface area contributed by atoms with Crippen LogP contribution in [0, 0.1) is 0 Å². The van der Waals surface area contributed by atoms with Crippen LogP contribution in [0.25, 0.3) is 0 Å². The lowest BCUT2D eigenvalue weighted by atomic mass is 9.79. The highest BCUT2D eigenvalue weighted by molar-refractivity contribution is 9.10. The minimum atomic E-state index is 0.00176. The van der Waals surface area contributed by atoms with E-state index in [1.165, 1.54) is 19.3 Å². The summed E-state index contributed by atoms with van der Waals surface area (Å²) in [4.78, 5) is 12.4. The minimum absolute atomic E-state index is 0.00176. The third-order valence-corrected chi connectivity index (χ3v) is 5.12. The molecule has 0 unspecified atom stereocenters. The second-order valence-corrected chi connectivity index (χ2v) is 7.02. The molecular weight excluding hydrogens is 328 g/mol. The van der Waals surface area contributed by atoms with Gasteiger partial charge in [0.25, 0.3) is 0 Å². The van der Waals surface area contributed by atoms with Gasteiger partial charge in [-0.25, -0.2) is 0 Å². The predicted molar refractivity (Wildman–Crippen MR) is 90.2 cm³/mol. The Morgan fingerprint density at radius 1 is 1.24 bits per heavy atom. The summed E-state index contributed by atoms with van der Waals surface area (Å²) >= 11 is 3.43. The Morgan fingerprint density at radius 3 is 2.43 bits per heavy atom. The first-order valence-electron chi connectivity index (χ1n) is 7.78. The van der Waals surface area contributed by atoms with Gasteiger partial charge in [-0.1, -0.05) is 47.3 Å². The zero-order valence-electron chi connectivity index (χ0n) is 12.9. The van der Waals surface area contributed by atoms with Crippen molar-refractivity contribution >= 4 is 21.8 Å². The summed E-state index contributed by atoms with van der Waals surface area (Å²) in [5.74, 6) is 0.140. The van der Waals surface area contributed by atoms with Gasteiger partial charge in [-0.15, -0.1) is 0 Å². The molecule has 21 heavy (non-hydrogen) atoms. The first-order valence-corrected chi connectivity index (χ1v) is 8.58. The monoisotopic (exact) mass is 352 g/mol. The predicted octanol–water partition coefficient (Wildman–Crippen LogP) is 3.94. The SMILES string of the molecule is CNC1(CC(=O)N[C@@H](C)c2ccc(Br)cc2)CCCCC1. The van der Waals surface area contributed by atoms with Crippen LogP contribution in [0.3, 0.4) is 0 Å². The van der Waals surface area contributed by atoms with E-state index < -0.39 is 0 Å². The van der Waals surface area contributed by atoms with Crippen molar-refractivity contribution in [2.24, 2.45) is 0 Å². The molecular formula is C17H25BrN2O. The van der Waals surface area contributed by atoms with Crippen LogP contribution in [-0.4, -0.2) is 18.5 Å². The van der Waals surface area contributed by atoms with Gasteiger partial charge in [-0.2, -0.15) is 0 Å². The lowest BCUT2D eigenvalue weighted by Gasteiger charge is -2.37. The van der Waals surface area contributed by atoms with Crippen LogP contribution in [0.1, 0.15) is 57.1 Å². The van der Waals surface area contributed by atoms with Gasteiger partial charge in [-0.05, 0) is 44.5 Å². The average molecular weight is 353 g/mol. The molecule has 4 heteroatoms. The van der Waals surface area contributed by atoms with E-state index in [4.69, 9.17) is 0 Å². The van der Waals surface area contributed by atoms with E-state index >= 15 is 0 Å². The van der Waals surface area contributed by atoms with Crippen molar-refractivity contribution in [1.29, 1.82) is 0 Å². The minimum Gasteiger partial charge on any atom is -0.350 e. The van der Waals surface area contributed by atoms with Crippen molar-refractivity contribution < 1.29 is 4.79 Å². The van der Waals surface area contributed by atoms with Gasteiger partial charge >= 0.3 is 0 Å². The van der Waals surface area contributed by atoms with Crippen LogP contribution in [0.5, 0.6) is 0 Å². The Bertz CT molecular complexity index is 466. The molecule has 1 aliphatic rings. The zero-order valence-corrected chi connectivity index (χ0v) is 14.5. The molecule has 1 aliphatic carbocycles. The van der Waals surface area contributed by atoms with Crippen LogP contribution in [0.2, 0.25) is 0 Å². The molecule has 0 spiro atoms. The number of nitrogens with one attached hydrogen (secondary N) is 2. The Balaban J connectivity index is 1.92. The van der Waals surface area contributed by atoms with Crippen molar-refractivity contribution in [3.8, 4) is 0 Å². The largest absolute Gasteiger partial charge is 0.350 e. The summed E-state index contributed by atoms with van der Waals surface area (Å²) < 4.78 is 1.06. The standard InChI is InChI=1S/C17H25BrN2O/c1-13(14-6-8-15(18)9-7-14)20-16(21)12-17(19-2)10-4-3-5-11-17/h6-9,13,19H,3-5,10-12H2,1-2H3,(H,20,21)/t13-/m0/s1. The molecule has 0 radical (unpaired) electrons. The van der Waals surface area contributed by atoms with E-state index in [1.54, 1.807) is 0 Å². The van der Waals surface area contributed by atoms with Crippen molar-refractivity contribution in [3.63, 3.8) is 0 Å². The maximum atomic E-state index is 12.4. The number of carbonyl (C=O) groups excluding carboxylic acids is 1. The Hall–Kier alpha value is -0.870. The number of halogens is 1. The Morgan fingerprint density at radius 2 is 1.86 bits per heavy atom. The van der Waals surface area contributed by atoms with Gasteiger partial charge in [-0.3, -0.25) is 4.79 Å². The number of benzene rings is 1. The van der Waals surface area contributed by atoms with Gasteiger partial charge in [0.1, 0.15) is 0 Å². The van der Waals surface area contributed by atoms with E-state index in [2.05, 4.69) is 26.6 Å². The molecule has 2 N–H and O–H groups in total. The van der Waals surface area contributed by atoms with Crippen molar-refractivity contribution in [1.82, 2.24) is 10.6 Å². The molecule has 1 aromatic carbocycles. The molecule has 0 bridgehead atoms. The summed E-state index contributed by atoms with van der Waals surface area (Å²) in [6.07, 6.45) is 6.50. The van der Waals surface area contributed by atoms with E-state index in [1.807, 2.05) is 38.2 Å². The second kappa shape index (κ2) is 7.41. The first kappa shape index (κ1) is 16.5. The molecule has 0 heterocycles. The normalized spacial score (nSPS) is 19.0. The molecule has 0 saturated heterocycles. The van der Waals surface area contributed by atoms with Crippen molar-refractivity contribution in [2.45, 2.75) is 57.0 Å². The van der Waals surface area contributed by atoms with Crippen LogP contribution >= 0.6 is 15.9 Å². The molecule has 1 saturated carbocycles. The first-order chi connectivity index (χ1) is 10.0. The highest BCUT2D eigenvalue weighted by Crippen LogP contribution is 2.31.